The van der Waals surface area contributed by atoms with Crippen LogP contribution in [0.25, 0.3) is 0 Å². The molecule has 0 aromatic rings. The molecule has 13 heavy (non-hydrogen) atoms. The number of ether oxygens (including phenoxy) is 2. The zero-order valence-electron chi connectivity index (χ0n) is 8.62. The quantitative estimate of drug-likeness (QED) is 0.476. The highest BCUT2D eigenvalue weighted by atomic mass is 31.1. The molecular formula is C8H18O4P+. The van der Waals surface area contributed by atoms with E-state index in [1.807, 2.05) is 13.8 Å². The predicted molar refractivity (Wildman–Crippen MR) is 51.2 cm³/mol. The molecule has 0 N–H and O–H groups in total. The molecule has 0 aliphatic rings. The largest absolute Gasteiger partial charge is 0.494 e. The van der Waals surface area contributed by atoms with Crippen molar-refractivity contribution in [1.82, 2.24) is 0 Å². The van der Waals surface area contributed by atoms with Crippen molar-refractivity contribution in [2.24, 2.45) is 0 Å². The van der Waals surface area contributed by atoms with Gasteiger partial charge in [-0.05, 0) is 32.3 Å². The highest BCUT2D eigenvalue weighted by molar-refractivity contribution is 7.17. The van der Waals surface area contributed by atoms with Gasteiger partial charge in [0.2, 0.25) is 0 Å². The number of hydrogen-bond donors (Lipinski definition) is 0. The minimum absolute atomic E-state index is 0.344. The molecular weight excluding hydrogens is 191 g/mol. The summed E-state index contributed by atoms with van der Waals surface area (Å²) >= 11 is 0. The van der Waals surface area contributed by atoms with E-state index in [0.717, 1.165) is 0 Å². The summed E-state index contributed by atoms with van der Waals surface area (Å²) in [6, 6.07) is 0. The van der Waals surface area contributed by atoms with Crippen molar-refractivity contribution in [3.05, 3.63) is 0 Å². The Morgan fingerprint density at radius 1 is 1.31 bits per heavy atom. The number of rotatable bonds is 7. The standard InChI is InChI=1S/C8H18O4P/c1-5-10-8(4,11-6-2)7(3)12-13-9/h7,13H,5-6H2,1-4H3/q+1. The van der Waals surface area contributed by atoms with Crippen LogP contribution in [0.3, 0.4) is 0 Å². The Morgan fingerprint density at radius 2 is 1.77 bits per heavy atom. The molecule has 0 amide bonds. The summed E-state index contributed by atoms with van der Waals surface area (Å²) < 4.78 is 26.0. The van der Waals surface area contributed by atoms with E-state index in [9.17, 15) is 4.57 Å². The van der Waals surface area contributed by atoms with E-state index in [4.69, 9.17) is 14.0 Å². The fourth-order valence-electron chi connectivity index (χ4n) is 1.03. The van der Waals surface area contributed by atoms with Crippen molar-refractivity contribution in [3.8, 4) is 0 Å². The molecule has 0 aromatic heterocycles. The average molecular weight is 209 g/mol. The SMILES string of the molecule is CCOC(C)(OCC)C(C)O[PH+]=O. The van der Waals surface area contributed by atoms with Crippen molar-refractivity contribution in [2.45, 2.75) is 39.6 Å². The molecule has 4 nitrogen and oxygen atoms in total. The van der Waals surface area contributed by atoms with Gasteiger partial charge in [-0.15, -0.1) is 4.52 Å². The molecule has 78 valence electrons. The topological polar surface area (TPSA) is 44.8 Å². The first-order chi connectivity index (χ1) is 6.10. The summed E-state index contributed by atoms with van der Waals surface area (Å²) in [6.45, 7) is 8.38. The van der Waals surface area contributed by atoms with Crippen LogP contribution in [0.1, 0.15) is 27.7 Å². The lowest BCUT2D eigenvalue weighted by Gasteiger charge is -2.31. The molecule has 0 radical (unpaired) electrons. The first-order valence-corrected chi connectivity index (χ1v) is 5.23. The van der Waals surface area contributed by atoms with Crippen LogP contribution in [0.4, 0.5) is 0 Å². The van der Waals surface area contributed by atoms with Crippen LogP contribution in [0, 0.1) is 0 Å². The van der Waals surface area contributed by atoms with E-state index < -0.39 is 14.5 Å². The van der Waals surface area contributed by atoms with Gasteiger partial charge < -0.3 is 9.47 Å². The van der Waals surface area contributed by atoms with E-state index in [1.165, 1.54) is 0 Å². The van der Waals surface area contributed by atoms with Gasteiger partial charge >= 0.3 is 8.69 Å². The first-order valence-electron chi connectivity index (χ1n) is 4.41. The first kappa shape index (κ1) is 13.0. The molecule has 0 saturated carbocycles. The van der Waals surface area contributed by atoms with Gasteiger partial charge in [-0.1, -0.05) is 0 Å². The summed E-state index contributed by atoms with van der Waals surface area (Å²) in [5.74, 6) is -0.805. The molecule has 0 aliphatic carbocycles. The molecule has 0 fully saturated rings. The third-order valence-electron chi connectivity index (χ3n) is 1.83. The van der Waals surface area contributed by atoms with E-state index in [-0.39, 0.29) is 6.10 Å². The molecule has 2 unspecified atom stereocenters. The van der Waals surface area contributed by atoms with Crippen LogP contribution in [0.2, 0.25) is 0 Å². The van der Waals surface area contributed by atoms with Gasteiger partial charge in [0, 0.05) is 13.2 Å². The Balaban J connectivity index is 4.26. The van der Waals surface area contributed by atoms with Crippen LogP contribution < -0.4 is 0 Å². The van der Waals surface area contributed by atoms with E-state index in [0.29, 0.717) is 13.2 Å². The lowest BCUT2D eigenvalue weighted by Crippen LogP contribution is -2.43. The Hall–Kier alpha value is -0.0200. The predicted octanol–water partition coefficient (Wildman–Crippen LogP) is 2.12. The molecule has 0 rings (SSSR count). The van der Waals surface area contributed by atoms with Gasteiger partial charge in [-0.2, -0.15) is 0 Å². The van der Waals surface area contributed by atoms with Crippen molar-refractivity contribution in [1.29, 1.82) is 0 Å². The smallest absolute Gasteiger partial charge is 0.348 e. The third kappa shape index (κ3) is 4.14. The number of hydrogen-bond acceptors (Lipinski definition) is 4. The summed E-state index contributed by atoms with van der Waals surface area (Å²) in [7, 11) is -0.789. The van der Waals surface area contributed by atoms with Crippen LogP contribution in [-0.2, 0) is 18.6 Å². The summed E-state index contributed by atoms with van der Waals surface area (Å²) in [6.07, 6.45) is -0.344. The fraction of sp³-hybridized carbons (Fsp3) is 1.00. The average Bonchev–Trinajstić information content (AvgIpc) is 2.05. The van der Waals surface area contributed by atoms with E-state index in [2.05, 4.69) is 0 Å². The Bertz CT molecular complexity index is 145. The highest BCUT2D eigenvalue weighted by Crippen LogP contribution is 2.22. The highest BCUT2D eigenvalue weighted by Gasteiger charge is 2.36. The zero-order valence-corrected chi connectivity index (χ0v) is 9.62. The summed E-state index contributed by atoms with van der Waals surface area (Å²) in [4.78, 5) is 0. The monoisotopic (exact) mass is 209 g/mol. The molecule has 0 spiro atoms. The Morgan fingerprint density at radius 3 is 2.08 bits per heavy atom. The van der Waals surface area contributed by atoms with Gasteiger partial charge in [0.15, 0.2) is 11.9 Å². The second-order valence-corrected chi connectivity index (χ2v) is 3.13. The van der Waals surface area contributed by atoms with Crippen LogP contribution in [0.15, 0.2) is 0 Å². The third-order valence-corrected chi connectivity index (χ3v) is 2.27. The molecule has 0 saturated heterocycles. The van der Waals surface area contributed by atoms with E-state index >= 15 is 0 Å². The molecule has 0 heterocycles. The molecule has 0 aromatic carbocycles. The van der Waals surface area contributed by atoms with Crippen molar-refractivity contribution in [3.63, 3.8) is 0 Å². The van der Waals surface area contributed by atoms with Gasteiger partial charge in [0.05, 0.1) is 0 Å². The maximum Gasteiger partial charge on any atom is 0.494 e. The van der Waals surface area contributed by atoms with Crippen LogP contribution in [0.5, 0.6) is 0 Å². The van der Waals surface area contributed by atoms with Gasteiger partial charge in [0.25, 0.3) is 0 Å². The van der Waals surface area contributed by atoms with Crippen molar-refractivity contribution in [2.75, 3.05) is 13.2 Å². The van der Waals surface area contributed by atoms with E-state index in [1.54, 1.807) is 13.8 Å². The van der Waals surface area contributed by atoms with Crippen molar-refractivity contribution < 1.29 is 18.6 Å². The second kappa shape index (κ2) is 6.44. The summed E-state index contributed by atoms with van der Waals surface area (Å²) in [5, 5.41) is 0. The lowest BCUT2D eigenvalue weighted by atomic mass is 10.2. The molecule has 0 aliphatic heterocycles. The van der Waals surface area contributed by atoms with Crippen molar-refractivity contribution >= 4 is 8.69 Å². The zero-order chi connectivity index (χ0) is 10.3. The Labute approximate surface area is 80.8 Å². The maximum atomic E-state index is 10.3. The molecule has 5 heteroatoms. The lowest BCUT2D eigenvalue weighted by molar-refractivity contribution is -0.258. The minimum atomic E-state index is -0.805. The fourth-order valence-corrected chi connectivity index (χ4v) is 1.39. The van der Waals surface area contributed by atoms with Gasteiger partial charge in [-0.3, -0.25) is 0 Å². The molecule has 0 bridgehead atoms. The van der Waals surface area contributed by atoms with Crippen LogP contribution >= 0.6 is 8.69 Å². The molecule has 2 atom stereocenters. The normalized spacial score (nSPS) is 14.8. The van der Waals surface area contributed by atoms with Gasteiger partial charge in [-0.25, -0.2) is 0 Å². The summed E-state index contributed by atoms with van der Waals surface area (Å²) in [5.41, 5.74) is 0. The maximum absolute atomic E-state index is 10.3. The minimum Gasteiger partial charge on any atom is -0.348 e. The second-order valence-electron chi connectivity index (χ2n) is 2.73. The van der Waals surface area contributed by atoms with Gasteiger partial charge in [0.1, 0.15) is 0 Å². The Kier molecular flexibility index (Phi) is 6.43. The van der Waals surface area contributed by atoms with Crippen LogP contribution in [-0.4, -0.2) is 25.1 Å².